The average molecular weight is 264 g/mol. The van der Waals surface area contributed by atoms with E-state index in [2.05, 4.69) is 26.1 Å². The molecule has 0 saturated heterocycles. The Balaban J connectivity index is 1.92. The number of hydrogen-bond donors (Lipinski definition) is 1. The number of nitrogens with zero attached hydrogens (tertiary/aromatic N) is 3. The summed E-state index contributed by atoms with van der Waals surface area (Å²) in [5.41, 5.74) is 6.96. The van der Waals surface area contributed by atoms with Crippen LogP contribution in [0.2, 0.25) is 0 Å². The molecule has 1 aromatic heterocycles. The predicted octanol–water partition coefficient (Wildman–Crippen LogP) is 3.41. The van der Waals surface area contributed by atoms with Gasteiger partial charge >= 0.3 is 0 Å². The Morgan fingerprint density at radius 3 is 2.50 bits per heavy atom. The molecular formula is C16H16N4. The van der Waals surface area contributed by atoms with Gasteiger partial charge in [-0.1, -0.05) is 30.3 Å². The maximum absolute atomic E-state index is 4.62. The van der Waals surface area contributed by atoms with Crippen LogP contribution >= 0.6 is 0 Å². The molecule has 0 fully saturated rings. The molecule has 1 N–H and O–H groups in total. The molecule has 0 atom stereocenters. The summed E-state index contributed by atoms with van der Waals surface area (Å²) in [7, 11) is 2.01. The van der Waals surface area contributed by atoms with Crippen molar-refractivity contribution in [1.82, 2.24) is 9.55 Å². The Kier molecular flexibility index (Phi) is 3.21. The number of aromatic nitrogens is 2. The molecule has 4 heteroatoms. The molecule has 0 saturated carbocycles. The Morgan fingerprint density at radius 1 is 1.05 bits per heavy atom. The second-order valence-corrected chi connectivity index (χ2v) is 4.66. The van der Waals surface area contributed by atoms with Crippen molar-refractivity contribution >= 4 is 22.4 Å². The third-order valence-electron chi connectivity index (χ3n) is 3.24. The first-order valence-corrected chi connectivity index (χ1v) is 6.53. The minimum absolute atomic E-state index is 0.854. The number of hydrazone groups is 1. The second kappa shape index (κ2) is 5.17. The number of benzene rings is 2. The summed E-state index contributed by atoms with van der Waals surface area (Å²) in [5, 5.41) is 4.40. The fourth-order valence-corrected chi connectivity index (χ4v) is 2.18. The van der Waals surface area contributed by atoms with Crippen molar-refractivity contribution in [2.75, 3.05) is 5.43 Å². The molecule has 0 aliphatic heterocycles. The molecule has 0 aliphatic carbocycles. The van der Waals surface area contributed by atoms with E-state index in [0.717, 1.165) is 28.3 Å². The van der Waals surface area contributed by atoms with Crippen molar-refractivity contribution < 1.29 is 0 Å². The molecule has 100 valence electrons. The van der Waals surface area contributed by atoms with Gasteiger partial charge < -0.3 is 4.57 Å². The Labute approximate surface area is 117 Å². The van der Waals surface area contributed by atoms with E-state index in [9.17, 15) is 0 Å². The maximum atomic E-state index is 4.62. The van der Waals surface area contributed by atoms with Gasteiger partial charge in [0.15, 0.2) is 5.82 Å². The fourth-order valence-electron chi connectivity index (χ4n) is 2.18. The molecule has 0 spiro atoms. The topological polar surface area (TPSA) is 42.2 Å². The first-order valence-electron chi connectivity index (χ1n) is 6.53. The van der Waals surface area contributed by atoms with Crippen molar-refractivity contribution in [1.29, 1.82) is 0 Å². The third-order valence-corrected chi connectivity index (χ3v) is 3.24. The van der Waals surface area contributed by atoms with Crippen LogP contribution in [0.5, 0.6) is 0 Å². The van der Waals surface area contributed by atoms with Gasteiger partial charge in [-0.2, -0.15) is 5.10 Å². The summed E-state index contributed by atoms with van der Waals surface area (Å²) in [6.45, 7) is 1.96. The first kappa shape index (κ1) is 12.4. The van der Waals surface area contributed by atoms with Gasteiger partial charge in [0.05, 0.1) is 16.7 Å². The summed E-state index contributed by atoms with van der Waals surface area (Å²) in [5.74, 6) is 0.870. The van der Waals surface area contributed by atoms with Crippen LogP contribution in [0.15, 0.2) is 59.7 Å². The number of anilines is 1. The number of imidazole rings is 1. The van der Waals surface area contributed by atoms with Crippen LogP contribution < -0.4 is 5.43 Å². The van der Waals surface area contributed by atoms with Gasteiger partial charge in [0.25, 0.3) is 0 Å². The number of fused-ring (bicyclic) bond motifs is 1. The monoisotopic (exact) mass is 264 g/mol. The normalized spacial score (nSPS) is 11.8. The van der Waals surface area contributed by atoms with Gasteiger partial charge in [-0.15, -0.1) is 0 Å². The number of rotatable bonds is 3. The van der Waals surface area contributed by atoms with Crippen molar-refractivity contribution in [2.45, 2.75) is 6.92 Å². The highest BCUT2D eigenvalue weighted by Crippen LogP contribution is 2.15. The lowest BCUT2D eigenvalue weighted by Crippen LogP contribution is -2.07. The highest BCUT2D eigenvalue weighted by molar-refractivity contribution is 5.99. The number of aryl methyl sites for hydroxylation is 1. The van der Waals surface area contributed by atoms with Crippen LogP contribution in [0.3, 0.4) is 0 Å². The van der Waals surface area contributed by atoms with E-state index >= 15 is 0 Å². The van der Waals surface area contributed by atoms with E-state index in [1.807, 2.05) is 62.5 Å². The molecule has 0 aliphatic rings. The van der Waals surface area contributed by atoms with Crippen LogP contribution in [0.25, 0.3) is 11.0 Å². The van der Waals surface area contributed by atoms with Crippen molar-refractivity contribution in [3.05, 3.63) is 60.4 Å². The lowest BCUT2D eigenvalue weighted by molar-refractivity contribution is 0.926. The van der Waals surface area contributed by atoms with E-state index in [-0.39, 0.29) is 0 Å². The van der Waals surface area contributed by atoms with Gasteiger partial charge in [0.1, 0.15) is 5.71 Å². The largest absolute Gasteiger partial charge is 0.326 e. The average Bonchev–Trinajstić information content (AvgIpc) is 2.84. The number of para-hydroxylation sites is 3. The molecule has 0 unspecified atom stereocenters. The van der Waals surface area contributed by atoms with Crippen molar-refractivity contribution in [3.8, 4) is 0 Å². The minimum Gasteiger partial charge on any atom is -0.326 e. The van der Waals surface area contributed by atoms with Crippen LogP contribution in [0.1, 0.15) is 12.7 Å². The van der Waals surface area contributed by atoms with Crippen LogP contribution in [-0.4, -0.2) is 15.3 Å². The van der Waals surface area contributed by atoms with E-state index in [0.29, 0.717) is 0 Å². The lowest BCUT2D eigenvalue weighted by Gasteiger charge is -2.03. The van der Waals surface area contributed by atoms with Crippen molar-refractivity contribution in [2.24, 2.45) is 12.1 Å². The van der Waals surface area contributed by atoms with E-state index in [1.165, 1.54) is 0 Å². The summed E-state index contributed by atoms with van der Waals surface area (Å²) >= 11 is 0. The van der Waals surface area contributed by atoms with Gasteiger partial charge in [-0.3, -0.25) is 5.43 Å². The molecule has 0 radical (unpaired) electrons. The quantitative estimate of drug-likeness (QED) is 0.582. The van der Waals surface area contributed by atoms with Gasteiger partial charge in [-0.05, 0) is 31.2 Å². The molecular weight excluding hydrogens is 248 g/mol. The molecule has 2 aromatic carbocycles. The van der Waals surface area contributed by atoms with Crippen LogP contribution in [0.4, 0.5) is 5.69 Å². The summed E-state index contributed by atoms with van der Waals surface area (Å²) in [6, 6.07) is 18.0. The Morgan fingerprint density at radius 2 is 1.75 bits per heavy atom. The zero-order valence-corrected chi connectivity index (χ0v) is 11.5. The van der Waals surface area contributed by atoms with Crippen LogP contribution in [-0.2, 0) is 7.05 Å². The number of hydrogen-bond acceptors (Lipinski definition) is 3. The van der Waals surface area contributed by atoms with Gasteiger partial charge in [0, 0.05) is 7.05 Å². The maximum Gasteiger partial charge on any atom is 0.156 e. The zero-order chi connectivity index (χ0) is 13.9. The number of nitrogens with one attached hydrogen (secondary N) is 1. The summed E-state index contributed by atoms with van der Waals surface area (Å²) < 4.78 is 2.06. The highest BCUT2D eigenvalue weighted by Gasteiger charge is 2.09. The van der Waals surface area contributed by atoms with Gasteiger partial charge in [0.2, 0.25) is 0 Å². The predicted molar refractivity (Wildman–Crippen MR) is 83.0 cm³/mol. The summed E-state index contributed by atoms with van der Waals surface area (Å²) in [4.78, 5) is 4.62. The third kappa shape index (κ3) is 2.28. The van der Waals surface area contributed by atoms with E-state index < -0.39 is 0 Å². The SMILES string of the molecule is C/C(=N\Nc1ccccc1)c1nc2ccccc2n1C. The molecule has 1 heterocycles. The fraction of sp³-hybridized carbons (Fsp3) is 0.125. The molecule has 0 bridgehead atoms. The smallest absolute Gasteiger partial charge is 0.156 e. The van der Waals surface area contributed by atoms with Crippen molar-refractivity contribution in [3.63, 3.8) is 0 Å². The van der Waals surface area contributed by atoms with Gasteiger partial charge in [-0.25, -0.2) is 4.98 Å². The molecule has 3 aromatic rings. The Hall–Kier alpha value is -2.62. The van der Waals surface area contributed by atoms with E-state index in [4.69, 9.17) is 0 Å². The zero-order valence-electron chi connectivity index (χ0n) is 11.5. The molecule has 20 heavy (non-hydrogen) atoms. The Bertz CT molecular complexity index is 757. The van der Waals surface area contributed by atoms with Crippen LogP contribution in [0, 0.1) is 0 Å². The minimum atomic E-state index is 0.854. The highest BCUT2D eigenvalue weighted by atomic mass is 15.3. The molecule has 3 rings (SSSR count). The second-order valence-electron chi connectivity index (χ2n) is 4.66. The van der Waals surface area contributed by atoms with E-state index in [1.54, 1.807) is 0 Å². The first-order chi connectivity index (χ1) is 9.75. The molecule has 4 nitrogen and oxygen atoms in total. The molecule has 0 amide bonds. The summed E-state index contributed by atoms with van der Waals surface area (Å²) in [6.07, 6.45) is 0. The lowest BCUT2D eigenvalue weighted by atomic mass is 10.3. The standard InChI is InChI=1S/C16H16N4/c1-12(18-19-13-8-4-3-5-9-13)16-17-14-10-6-7-11-15(14)20(16)2/h3-11,19H,1-2H3/b18-12+.